The summed E-state index contributed by atoms with van der Waals surface area (Å²) < 4.78 is 16.0. The molecular formula is C23H20Cl2N2O4. The van der Waals surface area contributed by atoms with E-state index >= 15 is 0 Å². The van der Waals surface area contributed by atoms with Gasteiger partial charge in [0.15, 0.2) is 17.3 Å². The van der Waals surface area contributed by atoms with Crippen molar-refractivity contribution in [3.63, 3.8) is 0 Å². The Hall–Kier alpha value is -3.22. The molecule has 0 saturated carbocycles. The molecule has 0 atom stereocenters. The number of nitrogens with one attached hydrogen (secondary N) is 1. The molecule has 6 nitrogen and oxygen atoms in total. The van der Waals surface area contributed by atoms with E-state index in [1.807, 2.05) is 0 Å². The minimum Gasteiger partial charge on any atom is -0.493 e. The molecule has 3 rings (SSSR count). The zero-order chi connectivity index (χ0) is 22.4. The minimum absolute atomic E-state index is 0.241. The van der Waals surface area contributed by atoms with Crippen LogP contribution < -0.4 is 19.5 Å². The standard InChI is InChI=1S/C23H20Cl2N2O4/c1-29-20-11-14(12-21(30-2)22(20)31-3)6-9-19(28)16-5-4-10-26-23(16)27-18-8-7-15(24)13-17(18)25/h4-13H,1-3H3,(H,26,27). The Morgan fingerprint density at radius 1 is 1.00 bits per heavy atom. The van der Waals surface area contributed by atoms with Crippen molar-refractivity contribution >= 4 is 46.6 Å². The van der Waals surface area contributed by atoms with Crippen LogP contribution in [0.2, 0.25) is 10.0 Å². The number of anilines is 2. The van der Waals surface area contributed by atoms with Gasteiger partial charge in [-0.3, -0.25) is 4.79 Å². The normalized spacial score (nSPS) is 10.7. The lowest BCUT2D eigenvalue weighted by atomic mass is 10.1. The molecule has 2 aromatic carbocycles. The Labute approximate surface area is 190 Å². The summed E-state index contributed by atoms with van der Waals surface area (Å²) in [6, 6.07) is 11.9. The van der Waals surface area contributed by atoms with Crippen LogP contribution in [-0.2, 0) is 0 Å². The third kappa shape index (κ3) is 5.29. The molecule has 0 radical (unpaired) electrons. The number of nitrogens with zero attached hydrogens (tertiary/aromatic N) is 1. The molecular weight excluding hydrogens is 439 g/mol. The molecule has 0 amide bonds. The number of carbonyl (C=O) groups excluding carboxylic acids is 1. The summed E-state index contributed by atoms with van der Waals surface area (Å²) in [7, 11) is 4.60. The average Bonchev–Trinajstić information content (AvgIpc) is 2.78. The maximum Gasteiger partial charge on any atom is 0.203 e. The van der Waals surface area contributed by atoms with Crippen LogP contribution in [0.4, 0.5) is 11.5 Å². The number of halogens is 2. The Balaban J connectivity index is 1.88. The molecule has 0 unspecified atom stereocenters. The Morgan fingerprint density at radius 2 is 1.71 bits per heavy atom. The molecule has 8 heteroatoms. The van der Waals surface area contributed by atoms with Gasteiger partial charge in [-0.2, -0.15) is 0 Å². The Bertz CT molecular complexity index is 1110. The number of carbonyl (C=O) groups is 1. The number of pyridine rings is 1. The van der Waals surface area contributed by atoms with Gasteiger partial charge in [-0.1, -0.05) is 29.3 Å². The molecule has 0 spiro atoms. The van der Waals surface area contributed by atoms with Gasteiger partial charge >= 0.3 is 0 Å². The second kappa shape index (κ2) is 10.2. The monoisotopic (exact) mass is 458 g/mol. The van der Waals surface area contributed by atoms with Crippen LogP contribution in [0.3, 0.4) is 0 Å². The fraction of sp³-hybridized carbons (Fsp3) is 0.130. The topological polar surface area (TPSA) is 69.7 Å². The van der Waals surface area contributed by atoms with E-state index in [1.165, 1.54) is 27.4 Å². The average molecular weight is 459 g/mol. The van der Waals surface area contributed by atoms with E-state index in [4.69, 9.17) is 37.4 Å². The lowest BCUT2D eigenvalue weighted by molar-refractivity contribution is 0.104. The number of ether oxygens (including phenoxy) is 3. The fourth-order valence-electron chi connectivity index (χ4n) is 2.88. The van der Waals surface area contributed by atoms with Crippen molar-refractivity contribution in [2.24, 2.45) is 0 Å². The third-order valence-electron chi connectivity index (χ3n) is 4.37. The summed E-state index contributed by atoms with van der Waals surface area (Å²) in [6.45, 7) is 0. The lowest BCUT2D eigenvalue weighted by Crippen LogP contribution is -2.04. The summed E-state index contributed by atoms with van der Waals surface area (Å²) >= 11 is 12.2. The molecule has 0 aliphatic rings. The zero-order valence-corrected chi connectivity index (χ0v) is 18.6. The summed E-state index contributed by atoms with van der Waals surface area (Å²) in [5, 5.41) is 4.02. The van der Waals surface area contributed by atoms with E-state index in [2.05, 4.69) is 10.3 Å². The van der Waals surface area contributed by atoms with Gasteiger partial charge in [-0.05, 0) is 54.1 Å². The summed E-state index contributed by atoms with van der Waals surface area (Å²) in [4.78, 5) is 17.2. The van der Waals surface area contributed by atoms with Crippen molar-refractivity contribution in [2.75, 3.05) is 26.6 Å². The van der Waals surface area contributed by atoms with E-state index in [0.29, 0.717) is 49.9 Å². The highest BCUT2D eigenvalue weighted by Gasteiger charge is 2.14. The highest BCUT2D eigenvalue weighted by Crippen LogP contribution is 2.38. The van der Waals surface area contributed by atoms with E-state index in [-0.39, 0.29) is 5.78 Å². The molecule has 0 saturated heterocycles. The highest BCUT2D eigenvalue weighted by molar-refractivity contribution is 6.36. The van der Waals surface area contributed by atoms with Gasteiger partial charge in [0.05, 0.1) is 37.6 Å². The first kappa shape index (κ1) is 22.5. The quantitative estimate of drug-likeness (QED) is 0.327. The van der Waals surface area contributed by atoms with E-state index in [0.717, 1.165) is 0 Å². The molecule has 0 bridgehead atoms. The van der Waals surface area contributed by atoms with Crippen molar-refractivity contribution in [3.8, 4) is 17.2 Å². The largest absolute Gasteiger partial charge is 0.493 e. The maximum atomic E-state index is 12.9. The number of benzene rings is 2. The van der Waals surface area contributed by atoms with Crippen molar-refractivity contribution in [3.05, 3.63) is 75.9 Å². The number of aromatic nitrogens is 1. The molecule has 1 aromatic heterocycles. The molecule has 1 N–H and O–H groups in total. The first-order valence-corrected chi connectivity index (χ1v) is 9.92. The van der Waals surface area contributed by atoms with Gasteiger partial charge in [0.25, 0.3) is 0 Å². The third-order valence-corrected chi connectivity index (χ3v) is 4.92. The van der Waals surface area contributed by atoms with E-state index < -0.39 is 0 Å². The molecule has 160 valence electrons. The number of hydrogen-bond acceptors (Lipinski definition) is 6. The lowest BCUT2D eigenvalue weighted by Gasteiger charge is -2.13. The van der Waals surface area contributed by atoms with Crippen molar-refractivity contribution in [1.82, 2.24) is 4.98 Å². The molecule has 1 heterocycles. The Morgan fingerprint density at radius 3 is 2.32 bits per heavy atom. The SMILES string of the molecule is COc1cc(C=CC(=O)c2cccnc2Nc2ccc(Cl)cc2Cl)cc(OC)c1OC. The van der Waals surface area contributed by atoms with Crippen LogP contribution in [0.1, 0.15) is 15.9 Å². The minimum atomic E-state index is -0.241. The predicted octanol–water partition coefficient (Wildman–Crippen LogP) is 6.05. The Kier molecular flexibility index (Phi) is 7.39. The predicted molar refractivity (Wildman–Crippen MR) is 123 cm³/mol. The van der Waals surface area contributed by atoms with Gasteiger partial charge in [0.1, 0.15) is 5.82 Å². The van der Waals surface area contributed by atoms with Crippen LogP contribution in [0.25, 0.3) is 6.08 Å². The number of hydrogen-bond donors (Lipinski definition) is 1. The van der Waals surface area contributed by atoms with Gasteiger partial charge in [-0.25, -0.2) is 4.98 Å². The highest BCUT2D eigenvalue weighted by atomic mass is 35.5. The van der Waals surface area contributed by atoms with Crippen molar-refractivity contribution in [1.29, 1.82) is 0 Å². The van der Waals surface area contributed by atoms with Gasteiger partial charge in [0, 0.05) is 11.2 Å². The van der Waals surface area contributed by atoms with E-state index in [9.17, 15) is 4.79 Å². The van der Waals surface area contributed by atoms with Gasteiger partial charge < -0.3 is 19.5 Å². The maximum absolute atomic E-state index is 12.9. The molecule has 0 aliphatic heterocycles. The van der Waals surface area contributed by atoms with Crippen LogP contribution >= 0.6 is 23.2 Å². The van der Waals surface area contributed by atoms with Crippen LogP contribution in [0, 0.1) is 0 Å². The van der Waals surface area contributed by atoms with E-state index in [1.54, 1.807) is 54.7 Å². The zero-order valence-electron chi connectivity index (χ0n) is 17.1. The molecule has 31 heavy (non-hydrogen) atoms. The second-order valence-corrected chi connectivity index (χ2v) is 7.15. The van der Waals surface area contributed by atoms with Crippen LogP contribution in [0.5, 0.6) is 17.2 Å². The second-order valence-electron chi connectivity index (χ2n) is 6.30. The number of allylic oxidation sites excluding steroid dienone is 1. The van der Waals surface area contributed by atoms with Gasteiger partial charge in [0.2, 0.25) is 5.75 Å². The molecule has 0 aliphatic carbocycles. The molecule has 0 fully saturated rings. The first-order valence-electron chi connectivity index (χ1n) is 9.16. The summed E-state index contributed by atoms with van der Waals surface area (Å²) in [5.41, 5.74) is 1.69. The molecule has 3 aromatic rings. The van der Waals surface area contributed by atoms with Crippen molar-refractivity contribution < 1.29 is 19.0 Å². The summed E-state index contributed by atoms with van der Waals surface area (Å²) in [6.07, 6.45) is 4.71. The smallest absolute Gasteiger partial charge is 0.203 e. The first-order chi connectivity index (χ1) is 15.0. The number of rotatable bonds is 8. The van der Waals surface area contributed by atoms with Crippen LogP contribution in [-0.4, -0.2) is 32.1 Å². The van der Waals surface area contributed by atoms with Crippen molar-refractivity contribution in [2.45, 2.75) is 0 Å². The summed E-state index contributed by atoms with van der Waals surface area (Å²) in [5.74, 6) is 1.61. The van der Waals surface area contributed by atoms with Crippen LogP contribution in [0.15, 0.2) is 54.7 Å². The number of methoxy groups -OCH3 is 3. The van der Waals surface area contributed by atoms with Gasteiger partial charge in [-0.15, -0.1) is 0 Å². The fourth-order valence-corrected chi connectivity index (χ4v) is 3.34. The number of ketones is 1.